The zero-order chi connectivity index (χ0) is 14.7. The Labute approximate surface area is 121 Å². The van der Waals surface area contributed by atoms with Crippen LogP contribution < -0.4 is 5.32 Å². The van der Waals surface area contributed by atoms with E-state index in [1.807, 2.05) is 16.7 Å². The van der Waals surface area contributed by atoms with Gasteiger partial charge in [0.25, 0.3) is 0 Å². The zero-order valence-corrected chi connectivity index (χ0v) is 11.3. The number of aliphatic hydroxyl groups is 1. The summed E-state index contributed by atoms with van der Waals surface area (Å²) in [6.07, 6.45) is 7.09. The largest absolute Gasteiger partial charge is 0.394 e. The first-order valence-corrected chi connectivity index (χ1v) is 6.53. The van der Waals surface area contributed by atoms with Gasteiger partial charge in [-0.15, -0.1) is 0 Å². The predicted molar refractivity (Wildman–Crippen MR) is 76.5 cm³/mol. The first-order valence-electron chi connectivity index (χ1n) is 6.53. The number of hydrogen-bond donors (Lipinski definition) is 2. The molecule has 3 rings (SSSR count). The lowest BCUT2D eigenvalue weighted by atomic mass is 10.3. The number of anilines is 1. The van der Waals surface area contributed by atoms with Crippen LogP contribution in [0.4, 0.5) is 5.69 Å². The third-order valence-corrected chi connectivity index (χ3v) is 3.15. The number of nitrogens with zero attached hydrogens (tertiary/aromatic N) is 5. The summed E-state index contributed by atoms with van der Waals surface area (Å²) in [4.78, 5) is 4.30. The molecule has 7 heteroatoms. The van der Waals surface area contributed by atoms with Crippen LogP contribution >= 0.6 is 0 Å². The van der Waals surface area contributed by atoms with E-state index >= 15 is 0 Å². The minimum Gasteiger partial charge on any atom is -0.394 e. The molecule has 3 aromatic heterocycles. The molecule has 0 unspecified atom stereocenters. The molecule has 0 bridgehead atoms. The lowest BCUT2D eigenvalue weighted by Crippen LogP contribution is -2.03. The van der Waals surface area contributed by atoms with Gasteiger partial charge in [0.2, 0.25) is 0 Å². The van der Waals surface area contributed by atoms with Crippen molar-refractivity contribution in [2.75, 3.05) is 11.9 Å². The van der Waals surface area contributed by atoms with Crippen LogP contribution in [0.2, 0.25) is 0 Å². The summed E-state index contributed by atoms with van der Waals surface area (Å²) in [5.74, 6) is 0. The Morgan fingerprint density at radius 2 is 2.19 bits per heavy atom. The van der Waals surface area contributed by atoms with Crippen LogP contribution in [0.25, 0.3) is 5.65 Å². The summed E-state index contributed by atoms with van der Waals surface area (Å²) < 4.78 is 3.56. The van der Waals surface area contributed by atoms with Crippen molar-refractivity contribution in [2.45, 2.75) is 13.1 Å². The van der Waals surface area contributed by atoms with Gasteiger partial charge >= 0.3 is 0 Å². The van der Waals surface area contributed by atoms with E-state index in [1.54, 1.807) is 29.3 Å². The van der Waals surface area contributed by atoms with Gasteiger partial charge in [-0.2, -0.15) is 10.4 Å². The van der Waals surface area contributed by atoms with Gasteiger partial charge in [0, 0.05) is 12.4 Å². The molecule has 0 aliphatic carbocycles. The highest BCUT2D eigenvalue weighted by molar-refractivity contribution is 5.45. The van der Waals surface area contributed by atoms with Gasteiger partial charge in [0.05, 0.1) is 49.0 Å². The quantitative estimate of drug-likeness (QED) is 0.728. The van der Waals surface area contributed by atoms with Crippen molar-refractivity contribution in [2.24, 2.45) is 0 Å². The van der Waals surface area contributed by atoms with E-state index in [0.29, 0.717) is 18.7 Å². The Morgan fingerprint density at radius 3 is 3.00 bits per heavy atom. The van der Waals surface area contributed by atoms with Crippen LogP contribution in [0.5, 0.6) is 0 Å². The lowest BCUT2D eigenvalue weighted by molar-refractivity contribution is 0.269. The maximum atomic E-state index is 8.96. The molecule has 7 nitrogen and oxygen atoms in total. The Hall–Kier alpha value is -2.85. The molecule has 2 N–H and O–H groups in total. The van der Waals surface area contributed by atoms with Crippen LogP contribution in [0.1, 0.15) is 11.3 Å². The molecule has 3 heterocycles. The molecule has 21 heavy (non-hydrogen) atoms. The number of hydrogen-bond acceptors (Lipinski definition) is 5. The van der Waals surface area contributed by atoms with Gasteiger partial charge < -0.3 is 14.8 Å². The lowest BCUT2D eigenvalue weighted by Gasteiger charge is -2.04. The topological polar surface area (TPSA) is 91.2 Å². The van der Waals surface area contributed by atoms with Crippen molar-refractivity contribution in [1.29, 1.82) is 5.26 Å². The first kappa shape index (κ1) is 13.1. The fourth-order valence-corrected chi connectivity index (χ4v) is 2.10. The molecule has 3 aromatic rings. The average molecular weight is 282 g/mol. The molecule has 0 fully saturated rings. The van der Waals surface area contributed by atoms with Gasteiger partial charge in [-0.25, -0.2) is 4.98 Å². The van der Waals surface area contributed by atoms with E-state index in [4.69, 9.17) is 10.4 Å². The Balaban J connectivity index is 1.76. The van der Waals surface area contributed by atoms with Crippen molar-refractivity contribution < 1.29 is 5.11 Å². The molecule has 0 saturated carbocycles. The maximum absolute atomic E-state index is 8.96. The number of pyridine rings is 1. The smallest absolute Gasteiger partial charge is 0.137 e. The summed E-state index contributed by atoms with van der Waals surface area (Å²) in [6, 6.07) is 5.69. The van der Waals surface area contributed by atoms with Crippen LogP contribution in [0.3, 0.4) is 0 Å². The number of nitrogens with one attached hydrogen (secondary N) is 1. The van der Waals surface area contributed by atoms with Gasteiger partial charge in [-0.05, 0) is 12.1 Å². The first-order chi connectivity index (χ1) is 10.3. The van der Waals surface area contributed by atoms with E-state index in [0.717, 1.165) is 17.0 Å². The SMILES string of the molecule is N#Cc1ccc2ncc(CNc3cnn(CCO)c3)n2c1. The molecular weight excluding hydrogens is 268 g/mol. The summed E-state index contributed by atoms with van der Waals surface area (Å²) >= 11 is 0. The fraction of sp³-hybridized carbons (Fsp3) is 0.214. The van der Waals surface area contributed by atoms with Crippen molar-refractivity contribution in [1.82, 2.24) is 19.2 Å². The zero-order valence-electron chi connectivity index (χ0n) is 11.3. The molecule has 0 aromatic carbocycles. The van der Waals surface area contributed by atoms with Crippen LogP contribution in [-0.4, -0.2) is 30.9 Å². The highest BCUT2D eigenvalue weighted by Gasteiger charge is 2.05. The molecule has 0 aliphatic heterocycles. The standard InChI is InChI=1S/C14H14N6O/c15-5-11-1-2-14-17-8-13(20(14)9-11)7-16-12-6-18-19(10-12)3-4-21/h1-2,6,8-10,16,21H,3-4,7H2. The molecule has 0 atom stereocenters. The van der Waals surface area contributed by atoms with Gasteiger partial charge in [0.15, 0.2) is 0 Å². The minimum atomic E-state index is 0.0608. The van der Waals surface area contributed by atoms with Crippen LogP contribution in [-0.2, 0) is 13.1 Å². The maximum Gasteiger partial charge on any atom is 0.137 e. The molecule has 0 spiro atoms. The third-order valence-electron chi connectivity index (χ3n) is 3.15. The monoisotopic (exact) mass is 282 g/mol. The van der Waals surface area contributed by atoms with Gasteiger partial charge in [-0.3, -0.25) is 4.68 Å². The molecule has 0 radical (unpaired) electrons. The molecule has 0 saturated heterocycles. The van der Waals surface area contributed by atoms with Gasteiger partial charge in [0.1, 0.15) is 11.7 Å². The van der Waals surface area contributed by atoms with Crippen molar-refractivity contribution in [3.8, 4) is 6.07 Å². The van der Waals surface area contributed by atoms with E-state index in [2.05, 4.69) is 21.5 Å². The second-order valence-electron chi connectivity index (χ2n) is 4.58. The Kier molecular flexibility index (Phi) is 3.53. The Bertz CT molecular complexity index is 797. The second-order valence-corrected chi connectivity index (χ2v) is 4.58. The van der Waals surface area contributed by atoms with Gasteiger partial charge in [-0.1, -0.05) is 0 Å². The Morgan fingerprint density at radius 1 is 1.29 bits per heavy atom. The molecular formula is C14H14N6O. The number of aliphatic hydroxyl groups excluding tert-OH is 1. The summed E-state index contributed by atoms with van der Waals surface area (Å²) in [7, 11) is 0. The highest BCUT2D eigenvalue weighted by Crippen LogP contribution is 2.11. The van der Waals surface area contributed by atoms with E-state index in [9.17, 15) is 0 Å². The number of imidazole rings is 1. The van der Waals surface area contributed by atoms with Crippen molar-refractivity contribution >= 4 is 11.3 Å². The fourth-order valence-electron chi connectivity index (χ4n) is 2.10. The average Bonchev–Trinajstić information content (AvgIpc) is 3.11. The molecule has 106 valence electrons. The highest BCUT2D eigenvalue weighted by atomic mass is 16.3. The summed E-state index contributed by atoms with van der Waals surface area (Å²) in [6.45, 7) is 1.11. The normalized spacial score (nSPS) is 10.7. The van der Waals surface area contributed by atoms with E-state index in [1.165, 1.54) is 0 Å². The summed E-state index contributed by atoms with van der Waals surface area (Å²) in [5.41, 5.74) is 3.23. The van der Waals surface area contributed by atoms with E-state index < -0.39 is 0 Å². The minimum absolute atomic E-state index is 0.0608. The summed E-state index contributed by atoms with van der Waals surface area (Å²) in [5, 5.41) is 25.2. The van der Waals surface area contributed by atoms with Crippen molar-refractivity contribution in [3.05, 3.63) is 48.2 Å². The van der Waals surface area contributed by atoms with E-state index in [-0.39, 0.29) is 6.61 Å². The van der Waals surface area contributed by atoms with Crippen molar-refractivity contribution in [3.63, 3.8) is 0 Å². The number of rotatable bonds is 5. The van der Waals surface area contributed by atoms with Crippen LogP contribution in [0, 0.1) is 11.3 Å². The second kappa shape index (κ2) is 5.64. The number of aromatic nitrogens is 4. The predicted octanol–water partition coefficient (Wildman–Crippen LogP) is 1.01. The molecule has 0 aliphatic rings. The number of nitriles is 1. The molecule has 0 amide bonds. The van der Waals surface area contributed by atoms with Crippen LogP contribution in [0.15, 0.2) is 36.9 Å². The number of fused-ring (bicyclic) bond motifs is 1. The third kappa shape index (κ3) is 2.70.